The maximum Gasteiger partial charge on any atom is -0.0149 e. The summed E-state index contributed by atoms with van der Waals surface area (Å²) in [6, 6.07) is 11.4. The van der Waals surface area contributed by atoms with Gasteiger partial charge in [0.15, 0.2) is 0 Å². The SMILES string of the molecule is CCC(C)CCc1ccc(C)c2ccc(C)c-2c1. The van der Waals surface area contributed by atoms with Crippen LogP contribution in [-0.4, -0.2) is 0 Å². The van der Waals surface area contributed by atoms with Crippen molar-refractivity contribution in [3.05, 3.63) is 47.0 Å². The third-order valence-corrected chi connectivity index (χ3v) is 4.14. The smallest absolute Gasteiger partial charge is 0.0149 e. The third-order valence-electron chi connectivity index (χ3n) is 4.14. The predicted molar refractivity (Wildman–Crippen MR) is 80.3 cm³/mol. The van der Waals surface area contributed by atoms with E-state index in [9.17, 15) is 0 Å². The fourth-order valence-electron chi connectivity index (χ4n) is 2.46. The Bertz CT molecular complexity index is 496. The van der Waals surface area contributed by atoms with Gasteiger partial charge in [-0.15, -0.1) is 0 Å². The molecule has 0 fully saturated rings. The topological polar surface area (TPSA) is 0 Å². The number of hydrogen-bond donors (Lipinski definition) is 0. The summed E-state index contributed by atoms with van der Waals surface area (Å²) in [7, 11) is 0. The normalized spacial score (nSPS) is 12.9. The first kappa shape index (κ1) is 13.1. The molecule has 2 aliphatic rings. The Kier molecular flexibility index (Phi) is 4.06. The molecule has 0 N–H and O–H groups in total. The molecule has 96 valence electrons. The molecule has 2 aliphatic carbocycles. The molecule has 1 unspecified atom stereocenters. The van der Waals surface area contributed by atoms with E-state index in [1.165, 1.54) is 47.1 Å². The average Bonchev–Trinajstić information content (AvgIpc) is 2.64. The van der Waals surface area contributed by atoms with Gasteiger partial charge in [0, 0.05) is 0 Å². The minimum absolute atomic E-state index is 0.827. The molecule has 0 aromatic rings. The second kappa shape index (κ2) is 5.56. The van der Waals surface area contributed by atoms with Crippen LogP contribution >= 0.6 is 0 Å². The molecule has 0 nitrogen and oxygen atoms in total. The van der Waals surface area contributed by atoms with E-state index in [2.05, 4.69) is 58.0 Å². The lowest BCUT2D eigenvalue weighted by Crippen LogP contribution is -1.94. The molecule has 0 heterocycles. The summed E-state index contributed by atoms with van der Waals surface area (Å²) in [5, 5.41) is 0. The second-order valence-corrected chi connectivity index (χ2v) is 5.63. The lowest BCUT2D eigenvalue weighted by Gasteiger charge is -2.07. The minimum atomic E-state index is 0.827. The Morgan fingerprint density at radius 2 is 1.61 bits per heavy atom. The van der Waals surface area contributed by atoms with E-state index in [1.54, 1.807) is 0 Å². The average molecular weight is 240 g/mol. The van der Waals surface area contributed by atoms with Crippen LogP contribution in [0.25, 0.3) is 11.1 Å². The molecule has 0 aromatic carbocycles. The van der Waals surface area contributed by atoms with Gasteiger partial charge in [-0.2, -0.15) is 0 Å². The number of rotatable bonds is 4. The molecule has 1 atom stereocenters. The van der Waals surface area contributed by atoms with Crippen molar-refractivity contribution >= 4 is 0 Å². The van der Waals surface area contributed by atoms with Crippen LogP contribution in [0.2, 0.25) is 0 Å². The number of fused-ring (bicyclic) bond motifs is 1. The van der Waals surface area contributed by atoms with E-state index in [0.29, 0.717) is 0 Å². The summed E-state index contributed by atoms with van der Waals surface area (Å²) in [6.45, 7) is 9.04. The van der Waals surface area contributed by atoms with E-state index >= 15 is 0 Å². The number of aryl methyl sites for hydroxylation is 3. The van der Waals surface area contributed by atoms with E-state index in [-0.39, 0.29) is 0 Å². The van der Waals surface area contributed by atoms with Crippen molar-refractivity contribution in [1.82, 2.24) is 0 Å². The third kappa shape index (κ3) is 2.75. The molecule has 0 bridgehead atoms. The lowest BCUT2D eigenvalue weighted by atomic mass is 9.99. The first-order valence-corrected chi connectivity index (χ1v) is 7.10. The second-order valence-electron chi connectivity index (χ2n) is 5.63. The molecule has 0 saturated heterocycles. The van der Waals surface area contributed by atoms with Crippen LogP contribution in [0.15, 0.2) is 30.3 Å². The largest absolute Gasteiger partial charge is 0.0651 e. The molecular weight excluding hydrogens is 216 g/mol. The molecule has 0 aromatic heterocycles. The van der Waals surface area contributed by atoms with Gasteiger partial charge in [-0.1, -0.05) is 50.6 Å². The molecule has 0 amide bonds. The Morgan fingerprint density at radius 3 is 2.33 bits per heavy atom. The van der Waals surface area contributed by atoms with Crippen LogP contribution in [0.3, 0.4) is 0 Å². The van der Waals surface area contributed by atoms with Gasteiger partial charge in [0.2, 0.25) is 0 Å². The van der Waals surface area contributed by atoms with Gasteiger partial charge in [0.05, 0.1) is 0 Å². The maximum atomic E-state index is 2.39. The van der Waals surface area contributed by atoms with Crippen LogP contribution in [0.4, 0.5) is 0 Å². The fraction of sp³-hybridized carbons (Fsp3) is 0.444. The monoisotopic (exact) mass is 240 g/mol. The molecule has 0 heteroatoms. The number of hydrogen-bond acceptors (Lipinski definition) is 0. The molecule has 2 rings (SSSR count). The zero-order valence-corrected chi connectivity index (χ0v) is 12.1. The van der Waals surface area contributed by atoms with Crippen molar-refractivity contribution in [2.45, 2.75) is 47.0 Å². The quantitative estimate of drug-likeness (QED) is 0.672. The molecule has 0 saturated carbocycles. The van der Waals surface area contributed by atoms with Crippen LogP contribution in [-0.2, 0) is 6.42 Å². The minimum Gasteiger partial charge on any atom is -0.0651 e. The van der Waals surface area contributed by atoms with Crippen LogP contribution < -0.4 is 0 Å². The van der Waals surface area contributed by atoms with E-state index < -0.39 is 0 Å². The van der Waals surface area contributed by atoms with Crippen LogP contribution in [0.1, 0.15) is 43.4 Å². The highest BCUT2D eigenvalue weighted by Crippen LogP contribution is 2.30. The van der Waals surface area contributed by atoms with Crippen molar-refractivity contribution < 1.29 is 0 Å². The summed E-state index contributed by atoms with van der Waals surface area (Å²) in [5.74, 6) is 0.827. The highest BCUT2D eigenvalue weighted by molar-refractivity contribution is 5.73. The zero-order chi connectivity index (χ0) is 13.1. The fourth-order valence-corrected chi connectivity index (χ4v) is 2.46. The first-order valence-electron chi connectivity index (χ1n) is 7.10. The van der Waals surface area contributed by atoms with Gasteiger partial charge >= 0.3 is 0 Å². The van der Waals surface area contributed by atoms with Crippen molar-refractivity contribution in [3.8, 4) is 11.1 Å². The van der Waals surface area contributed by atoms with Gasteiger partial charge < -0.3 is 0 Å². The van der Waals surface area contributed by atoms with Gasteiger partial charge in [-0.05, 0) is 60.4 Å². The zero-order valence-electron chi connectivity index (χ0n) is 12.1. The summed E-state index contributed by atoms with van der Waals surface area (Å²) < 4.78 is 0. The first-order chi connectivity index (χ1) is 8.61. The lowest BCUT2D eigenvalue weighted by molar-refractivity contribution is 0.517. The van der Waals surface area contributed by atoms with Crippen molar-refractivity contribution in [2.75, 3.05) is 0 Å². The van der Waals surface area contributed by atoms with Crippen LogP contribution in [0, 0.1) is 19.8 Å². The molecular formula is C18H24. The Balaban J connectivity index is 2.29. The van der Waals surface area contributed by atoms with Crippen molar-refractivity contribution in [2.24, 2.45) is 5.92 Å². The molecule has 0 aliphatic heterocycles. The molecule has 0 spiro atoms. The summed E-state index contributed by atoms with van der Waals surface area (Å²) >= 11 is 0. The Morgan fingerprint density at radius 1 is 0.944 bits per heavy atom. The molecule has 0 radical (unpaired) electrons. The highest BCUT2D eigenvalue weighted by Gasteiger charge is 2.09. The van der Waals surface area contributed by atoms with Gasteiger partial charge in [0.25, 0.3) is 0 Å². The highest BCUT2D eigenvalue weighted by atomic mass is 14.1. The predicted octanol–water partition coefficient (Wildman–Crippen LogP) is 5.39. The Hall–Kier alpha value is -1.30. The van der Waals surface area contributed by atoms with Crippen molar-refractivity contribution in [1.29, 1.82) is 0 Å². The summed E-state index contributed by atoms with van der Waals surface area (Å²) in [6.07, 6.45) is 3.77. The van der Waals surface area contributed by atoms with Gasteiger partial charge in [-0.25, -0.2) is 0 Å². The van der Waals surface area contributed by atoms with E-state index in [1.807, 2.05) is 0 Å². The van der Waals surface area contributed by atoms with Crippen LogP contribution in [0.5, 0.6) is 0 Å². The van der Waals surface area contributed by atoms with Gasteiger partial charge in [0.1, 0.15) is 0 Å². The van der Waals surface area contributed by atoms with E-state index in [0.717, 1.165) is 5.92 Å². The van der Waals surface area contributed by atoms with Gasteiger partial charge in [-0.3, -0.25) is 0 Å². The summed E-state index contributed by atoms with van der Waals surface area (Å²) in [4.78, 5) is 0. The standard InChI is InChI=1S/C18H24/c1-5-13(2)6-9-16-10-7-14(3)17-11-8-15(4)18(17)12-16/h7-8,10-13H,5-6,9H2,1-4H3. The molecule has 18 heavy (non-hydrogen) atoms. The van der Waals surface area contributed by atoms with Crippen molar-refractivity contribution in [3.63, 3.8) is 0 Å². The Labute approximate surface area is 111 Å². The summed E-state index contributed by atoms with van der Waals surface area (Å²) in [5.41, 5.74) is 7.09. The maximum absolute atomic E-state index is 2.39. The van der Waals surface area contributed by atoms with E-state index in [4.69, 9.17) is 0 Å².